The molecule has 0 unspecified atom stereocenters. The number of aromatic hydroxyl groups is 2. The van der Waals surface area contributed by atoms with Gasteiger partial charge in [0.05, 0.1) is 36.3 Å². The van der Waals surface area contributed by atoms with E-state index >= 15 is 0 Å². The standard InChI is InChI=1S/C28H28N2O10/c1-12-24(33)22(14(3)31)26-23(25(12)34)28(4)20(40-26)11-17(32)21(27(28)35)13(2)29-8-7-15-9-18(38-5)19(39-6)10-16(15)30(36)37/h9-11,29,33-34H,7-8H2,1-6H3/b21-13+/t28-/m0/s1. The number of benzene rings is 2. The number of Topliss-reactive ketones (excluding diaryl/α,β-unsaturated/α-hetero) is 2. The van der Waals surface area contributed by atoms with Gasteiger partial charge >= 0.3 is 0 Å². The number of carbonyl (C=O) groups excluding carboxylic acids is 3. The van der Waals surface area contributed by atoms with Crippen LogP contribution in [0.3, 0.4) is 0 Å². The molecule has 12 heteroatoms. The van der Waals surface area contributed by atoms with Gasteiger partial charge in [-0.1, -0.05) is 0 Å². The number of phenols is 2. The summed E-state index contributed by atoms with van der Waals surface area (Å²) in [6.45, 7) is 5.73. The minimum absolute atomic E-state index is 0.00313. The van der Waals surface area contributed by atoms with Crippen LogP contribution >= 0.6 is 0 Å². The van der Waals surface area contributed by atoms with Crippen molar-refractivity contribution in [2.75, 3.05) is 20.8 Å². The van der Waals surface area contributed by atoms with Crippen molar-refractivity contribution < 1.29 is 43.7 Å². The van der Waals surface area contributed by atoms with Crippen LogP contribution in [0.5, 0.6) is 28.7 Å². The zero-order valence-corrected chi connectivity index (χ0v) is 22.8. The van der Waals surface area contributed by atoms with Crippen LogP contribution in [-0.2, 0) is 21.4 Å². The van der Waals surface area contributed by atoms with Gasteiger partial charge in [0.2, 0.25) is 0 Å². The van der Waals surface area contributed by atoms with E-state index in [-0.39, 0.29) is 63.9 Å². The molecule has 210 valence electrons. The third-order valence-electron chi connectivity index (χ3n) is 7.33. The molecule has 2 aromatic carbocycles. The van der Waals surface area contributed by atoms with Crippen LogP contribution in [0.4, 0.5) is 5.69 Å². The molecule has 2 aromatic rings. The fourth-order valence-corrected chi connectivity index (χ4v) is 5.12. The van der Waals surface area contributed by atoms with Crippen molar-refractivity contribution in [2.24, 2.45) is 0 Å². The molecule has 1 heterocycles. The van der Waals surface area contributed by atoms with E-state index in [0.717, 1.165) is 6.08 Å². The number of rotatable bonds is 8. The first-order valence-corrected chi connectivity index (χ1v) is 12.2. The van der Waals surface area contributed by atoms with Gasteiger partial charge in [0.1, 0.15) is 34.0 Å². The SMILES string of the molecule is COc1cc(CCN/C(C)=C2\C(=O)C=C3Oc4c(C(C)=O)c(O)c(C)c(O)c4[C@@]3(C)C2=O)c([N+](=O)[O-])cc1OC. The molecule has 1 atom stereocenters. The van der Waals surface area contributed by atoms with Crippen molar-refractivity contribution in [3.63, 3.8) is 0 Å². The fourth-order valence-electron chi connectivity index (χ4n) is 5.12. The largest absolute Gasteiger partial charge is 0.507 e. The molecule has 4 rings (SSSR count). The first kappa shape index (κ1) is 28.1. The van der Waals surface area contributed by atoms with Crippen molar-refractivity contribution in [3.8, 4) is 28.7 Å². The molecule has 12 nitrogen and oxygen atoms in total. The normalized spacial score (nSPS) is 18.8. The molecule has 0 saturated heterocycles. The summed E-state index contributed by atoms with van der Waals surface area (Å²) in [5.41, 5.74) is -1.66. The lowest BCUT2D eigenvalue weighted by Gasteiger charge is -2.29. The molecule has 1 aliphatic heterocycles. The van der Waals surface area contributed by atoms with E-state index in [1.807, 2.05) is 0 Å². The number of hydrogen-bond acceptors (Lipinski definition) is 11. The Hall–Kier alpha value is -4.87. The minimum atomic E-state index is -1.64. The van der Waals surface area contributed by atoms with E-state index in [0.29, 0.717) is 11.3 Å². The average Bonchev–Trinajstić information content (AvgIpc) is 3.19. The maximum Gasteiger partial charge on any atom is 0.276 e. The molecule has 0 saturated carbocycles. The van der Waals surface area contributed by atoms with E-state index in [1.165, 1.54) is 54.0 Å². The highest BCUT2D eigenvalue weighted by molar-refractivity contribution is 6.31. The molecular weight excluding hydrogens is 524 g/mol. The van der Waals surface area contributed by atoms with Crippen molar-refractivity contribution in [2.45, 2.75) is 39.5 Å². The van der Waals surface area contributed by atoms with E-state index in [9.17, 15) is 34.7 Å². The lowest BCUT2D eigenvalue weighted by Crippen LogP contribution is -2.41. The quantitative estimate of drug-likeness (QED) is 0.144. The maximum atomic E-state index is 13.9. The molecule has 0 bridgehead atoms. The number of nitrogens with one attached hydrogen (secondary N) is 1. The second-order valence-electron chi connectivity index (χ2n) is 9.66. The van der Waals surface area contributed by atoms with Gasteiger partial charge in [-0.3, -0.25) is 24.5 Å². The summed E-state index contributed by atoms with van der Waals surface area (Å²) in [6.07, 6.45) is 1.27. The molecular formula is C28H28N2O10. The van der Waals surface area contributed by atoms with Gasteiger partial charge in [-0.2, -0.15) is 0 Å². The fraction of sp³-hybridized carbons (Fsp3) is 0.321. The Kier molecular flexibility index (Phi) is 7.05. The highest BCUT2D eigenvalue weighted by Crippen LogP contribution is 2.57. The number of hydrogen-bond donors (Lipinski definition) is 3. The smallest absolute Gasteiger partial charge is 0.276 e. The average molecular weight is 553 g/mol. The number of phenolic OH excluding ortho intramolecular Hbond substituents is 2. The topological polar surface area (TPSA) is 175 Å². The van der Waals surface area contributed by atoms with E-state index < -0.39 is 39.2 Å². The van der Waals surface area contributed by atoms with E-state index in [4.69, 9.17) is 14.2 Å². The highest BCUT2D eigenvalue weighted by Gasteiger charge is 2.56. The lowest BCUT2D eigenvalue weighted by molar-refractivity contribution is -0.385. The van der Waals surface area contributed by atoms with E-state index in [1.54, 1.807) is 0 Å². The molecule has 2 aliphatic rings. The summed E-state index contributed by atoms with van der Waals surface area (Å²) in [5, 5.41) is 36.0. The number of ether oxygens (including phenoxy) is 3. The zero-order chi connectivity index (χ0) is 29.7. The maximum absolute atomic E-state index is 13.9. The Labute approximate surface area is 229 Å². The Bertz CT molecular complexity index is 1570. The molecule has 0 aromatic heterocycles. The molecule has 0 fully saturated rings. The molecule has 3 N–H and O–H groups in total. The first-order valence-electron chi connectivity index (χ1n) is 12.2. The summed E-state index contributed by atoms with van der Waals surface area (Å²) in [4.78, 5) is 50.4. The predicted molar refractivity (Wildman–Crippen MR) is 141 cm³/mol. The van der Waals surface area contributed by atoms with Crippen LogP contribution in [-0.4, -0.2) is 53.3 Å². The Morgan fingerprint density at radius 1 is 1.12 bits per heavy atom. The summed E-state index contributed by atoms with van der Waals surface area (Å²) in [7, 11) is 2.78. The molecule has 0 radical (unpaired) electrons. The highest BCUT2D eigenvalue weighted by atomic mass is 16.6. The van der Waals surface area contributed by atoms with Gasteiger partial charge in [-0.15, -0.1) is 0 Å². The zero-order valence-electron chi connectivity index (χ0n) is 22.8. The summed E-state index contributed by atoms with van der Waals surface area (Å²) < 4.78 is 16.2. The third-order valence-corrected chi connectivity index (χ3v) is 7.33. The second-order valence-corrected chi connectivity index (χ2v) is 9.66. The van der Waals surface area contributed by atoms with Crippen LogP contribution in [0.1, 0.15) is 47.8 Å². The Balaban J connectivity index is 1.70. The number of nitrogens with zero attached hydrogens (tertiary/aromatic N) is 1. The van der Waals surface area contributed by atoms with Crippen molar-refractivity contribution in [1.29, 1.82) is 0 Å². The molecule has 40 heavy (non-hydrogen) atoms. The number of ketones is 3. The number of carbonyl (C=O) groups is 3. The third kappa shape index (κ3) is 4.12. The summed E-state index contributed by atoms with van der Waals surface area (Å²) >= 11 is 0. The Morgan fingerprint density at radius 2 is 1.75 bits per heavy atom. The van der Waals surface area contributed by atoms with Crippen LogP contribution in [0, 0.1) is 17.0 Å². The van der Waals surface area contributed by atoms with Crippen LogP contribution in [0.15, 0.2) is 35.2 Å². The molecule has 0 amide bonds. The summed E-state index contributed by atoms with van der Waals surface area (Å²) in [5.74, 6) is -2.49. The number of allylic oxidation sites excluding steroid dienone is 4. The van der Waals surface area contributed by atoms with Crippen molar-refractivity contribution >= 4 is 23.0 Å². The second kappa shape index (κ2) is 10.0. The van der Waals surface area contributed by atoms with Gasteiger partial charge in [0.15, 0.2) is 28.8 Å². The van der Waals surface area contributed by atoms with Crippen LogP contribution in [0.2, 0.25) is 0 Å². The van der Waals surface area contributed by atoms with Crippen molar-refractivity contribution in [1.82, 2.24) is 5.32 Å². The monoisotopic (exact) mass is 552 g/mol. The predicted octanol–water partition coefficient (Wildman–Crippen LogP) is 3.33. The first-order chi connectivity index (χ1) is 18.8. The summed E-state index contributed by atoms with van der Waals surface area (Å²) in [6, 6.07) is 2.76. The number of nitro benzene ring substituents is 1. The van der Waals surface area contributed by atoms with Gasteiger partial charge < -0.3 is 29.7 Å². The van der Waals surface area contributed by atoms with Crippen LogP contribution < -0.4 is 19.5 Å². The Morgan fingerprint density at radius 3 is 2.33 bits per heavy atom. The van der Waals surface area contributed by atoms with Gasteiger partial charge in [-0.05, 0) is 40.2 Å². The van der Waals surface area contributed by atoms with Crippen molar-refractivity contribution in [3.05, 3.63) is 67.6 Å². The van der Waals surface area contributed by atoms with Gasteiger partial charge in [-0.25, -0.2) is 0 Å². The molecule has 0 spiro atoms. The van der Waals surface area contributed by atoms with E-state index in [2.05, 4.69) is 5.32 Å². The number of nitro groups is 1. The van der Waals surface area contributed by atoms with Crippen LogP contribution in [0.25, 0.3) is 0 Å². The molecule has 1 aliphatic carbocycles. The lowest BCUT2D eigenvalue weighted by atomic mass is 9.70. The van der Waals surface area contributed by atoms with Gasteiger partial charge in [0.25, 0.3) is 5.69 Å². The number of fused-ring (bicyclic) bond motifs is 3. The minimum Gasteiger partial charge on any atom is -0.507 e. The number of methoxy groups -OCH3 is 2. The van der Waals surface area contributed by atoms with Gasteiger partial charge in [0, 0.05) is 29.4 Å².